The second-order valence-electron chi connectivity index (χ2n) is 6.06. The minimum absolute atomic E-state index is 0. The number of benzene rings is 1. The van der Waals surface area contributed by atoms with Gasteiger partial charge in [-0.2, -0.15) is 0 Å². The molecule has 1 atom stereocenters. The Bertz CT molecular complexity index is 396. The number of hydrogen-bond donors (Lipinski definition) is 0. The second-order valence-corrected chi connectivity index (χ2v) is 6.06. The molecule has 23 heavy (non-hydrogen) atoms. The maximum atomic E-state index is 5.82. The summed E-state index contributed by atoms with van der Waals surface area (Å²) >= 11 is 0. The first-order valence-corrected chi connectivity index (χ1v) is 7.75. The van der Waals surface area contributed by atoms with Crippen molar-refractivity contribution in [1.82, 2.24) is 9.80 Å². The van der Waals surface area contributed by atoms with Gasteiger partial charge in [0.1, 0.15) is 12.4 Å². The highest BCUT2D eigenvalue weighted by molar-refractivity contribution is 5.85. The molecule has 1 fully saturated rings. The molecule has 1 aromatic rings. The fourth-order valence-electron chi connectivity index (χ4n) is 2.54. The minimum atomic E-state index is 0. The average Bonchev–Trinajstić information content (AvgIpc) is 2.94. The van der Waals surface area contributed by atoms with Gasteiger partial charge in [0.25, 0.3) is 0 Å². The summed E-state index contributed by atoms with van der Waals surface area (Å²) in [5.41, 5.74) is 1.37. The number of ether oxygens (including phenoxy) is 1. The molecule has 1 aliphatic heterocycles. The predicted molar refractivity (Wildman–Crippen MR) is 103 cm³/mol. The van der Waals surface area contributed by atoms with E-state index in [1.54, 1.807) is 0 Å². The molecule has 2 rings (SSSR count). The molecular formula is C17H32Cl2N2O2. The molecule has 2 N–H and O–H groups in total. The molecule has 1 aliphatic rings. The van der Waals surface area contributed by atoms with Crippen LogP contribution in [0.15, 0.2) is 24.3 Å². The Morgan fingerprint density at radius 3 is 2.17 bits per heavy atom. The van der Waals surface area contributed by atoms with Crippen LogP contribution in [-0.2, 0) is 6.42 Å². The molecule has 4 nitrogen and oxygen atoms in total. The van der Waals surface area contributed by atoms with E-state index >= 15 is 0 Å². The van der Waals surface area contributed by atoms with E-state index in [4.69, 9.17) is 4.74 Å². The van der Waals surface area contributed by atoms with E-state index in [2.05, 4.69) is 55.1 Å². The maximum absolute atomic E-state index is 5.82. The van der Waals surface area contributed by atoms with Crippen molar-refractivity contribution < 1.29 is 10.2 Å². The summed E-state index contributed by atoms with van der Waals surface area (Å²) < 4.78 is 5.82. The molecule has 0 amide bonds. The van der Waals surface area contributed by atoms with Crippen molar-refractivity contribution >= 4 is 24.8 Å². The zero-order chi connectivity index (χ0) is 14.4. The summed E-state index contributed by atoms with van der Waals surface area (Å²) in [6.07, 6.45) is 3.78. The molecule has 1 heterocycles. The number of halogens is 2. The van der Waals surface area contributed by atoms with E-state index in [0.29, 0.717) is 6.04 Å². The first-order chi connectivity index (χ1) is 9.65. The number of likely N-dealkylation sites (tertiary alicyclic amines) is 1. The molecular weight excluding hydrogens is 335 g/mol. The van der Waals surface area contributed by atoms with Crippen LogP contribution in [0.25, 0.3) is 0 Å². The number of rotatable bonds is 7. The Labute approximate surface area is 153 Å². The van der Waals surface area contributed by atoms with Gasteiger partial charge in [0.05, 0.1) is 0 Å². The van der Waals surface area contributed by atoms with Gasteiger partial charge < -0.3 is 15.1 Å². The zero-order valence-corrected chi connectivity index (χ0v) is 16.1. The van der Waals surface area contributed by atoms with Crippen LogP contribution in [-0.4, -0.2) is 61.7 Å². The van der Waals surface area contributed by atoms with Crippen LogP contribution < -0.4 is 4.74 Å². The van der Waals surface area contributed by atoms with Crippen molar-refractivity contribution in [1.29, 1.82) is 0 Å². The lowest BCUT2D eigenvalue weighted by molar-refractivity contribution is 0.237. The van der Waals surface area contributed by atoms with Crippen molar-refractivity contribution in [2.75, 3.05) is 40.3 Å². The van der Waals surface area contributed by atoms with Gasteiger partial charge in [0.15, 0.2) is 0 Å². The number of hydrogen-bond acceptors (Lipinski definition) is 3. The van der Waals surface area contributed by atoms with Gasteiger partial charge in [-0.15, -0.1) is 24.8 Å². The number of likely N-dealkylation sites (N-methyl/N-ethyl adjacent to an activating group) is 1. The van der Waals surface area contributed by atoms with Gasteiger partial charge >= 0.3 is 0 Å². The molecule has 0 aliphatic carbocycles. The van der Waals surface area contributed by atoms with Crippen LogP contribution in [0.4, 0.5) is 0 Å². The third-order valence-corrected chi connectivity index (χ3v) is 4.21. The molecule has 0 aromatic heterocycles. The largest absolute Gasteiger partial charge is 0.492 e. The van der Waals surface area contributed by atoms with Crippen LogP contribution in [0.5, 0.6) is 5.75 Å². The highest BCUT2D eigenvalue weighted by Crippen LogP contribution is 2.15. The highest BCUT2D eigenvalue weighted by Gasteiger charge is 2.10. The van der Waals surface area contributed by atoms with E-state index in [9.17, 15) is 0 Å². The summed E-state index contributed by atoms with van der Waals surface area (Å²) in [6.45, 7) is 6.59. The molecule has 0 radical (unpaired) electrons. The van der Waals surface area contributed by atoms with E-state index in [-0.39, 0.29) is 30.3 Å². The summed E-state index contributed by atoms with van der Waals surface area (Å²) in [6, 6.07) is 9.14. The second kappa shape index (κ2) is 12.8. The molecule has 6 heteroatoms. The quantitative estimate of drug-likeness (QED) is 0.745. The SMILES string of the molecule is CC(Cc1ccc(OCCN2CCCC2)cc1)N(C)C.Cl.Cl.O. The van der Waals surface area contributed by atoms with Crippen molar-refractivity contribution in [3.63, 3.8) is 0 Å². The monoisotopic (exact) mass is 366 g/mol. The first kappa shape index (κ1) is 24.7. The Hall–Kier alpha value is -0.520. The number of nitrogens with zero attached hydrogens (tertiary/aromatic N) is 2. The van der Waals surface area contributed by atoms with Gasteiger partial charge in [-0.05, 0) is 71.1 Å². The van der Waals surface area contributed by atoms with Crippen LogP contribution in [0.1, 0.15) is 25.3 Å². The topological polar surface area (TPSA) is 47.2 Å². The Balaban J connectivity index is 0. The summed E-state index contributed by atoms with van der Waals surface area (Å²) in [7, 11) is 4.25. The molecule has 0 bridgehead atoms. The standard InChI is InChI=1S/C17H28N2O.2ClH.H2O/c1-15(18(2)3)14-16-6-8-17(9-7-16)20-13-12-19-10-4-5-11-19;;;/h6-9,15H,4-5,10-14H2,1-3H3;2*1H;1H2. The minimum Gasteiger partial charge on any atom is -0.492 e. The lowest BCUT2D eigenvalue weighted by atomic mass is 10.1. The van der Waals surface area contributed by atoms with Gasteiger partial charge in [0.2, 0.25) is 0 Å². The zero-order valence-electron chi connectivity index (χ0n) is 14.5. The Morgan fingerprint density at radius 1 is 1.09 bits per heavy atom. The smallest absolute Gasteiger partial charge is 0.119 e. The third-order valence-electron chi connectivity index (χ3n) is 4.21. The fraction of sp³-hybridized carbons (Fsp3) is 0.647. The van der Waals surface area contributed by atoms with Gasteiger partial charge in [0, 0.05) is 12.6 Å². The van der Waals surface area contributed by atoms with Crippen LogP contribution in [0, 0.1) is 0 Å². The summed E-state index contributed by atoms with van der Waals surface area (Å²) in [4.78, 5) is 4.73. The van der Waals surface area contributed by atoms with Crippen LogP contribution in [0.2, 0.25) is 0 Å². The molecule has 0 saturated carbocycles. The van der Waals surface area contributed by atoms with E-state index < -0.39 is 0 Å². The molecule has 0 spiro atoms. The normalized spacial score (nSPS) is 15.3. The lowest BCUT2D eigenvalue weighted by Crippen LogP contribution is -2.26. The maximum Gasteiger partial charge on any atom is 0.119 e. The van der Waals surface area contributed by atoms with Crippen LogP contribution in [0.3, 0.4) is 0 Å². The molecule has 1 unspecified atom stereocenters. The third kappa shape index (κ3) is 8.77. The van der Waals surface area contributed by atoms with E-state index in [1.807, 2.05) is 0 Å². The van der Waals surface area contributed by atoms with Crippen LogP contribution >= 0.6 is 24.8 Å². The summed E-state index contributed by atoms with van der Waals surface area (Å²) in [5, 5.41) is 0. The van der Waals surface area contributed by atoms with Gasteiger partial charge in [-0.3, -0.25) is 4.90 Å². The van der Waals surface area contributed by atoms with Gasteiger partial charge in [-0.25, -0.2) is 0 Å². The molecule has 1 saturated heterocycles. The van der Waals surface area contributed by atoms with Crippen molar-refractivity contribution in [3.8, 4) is 5.75 Å². The van der Waals surface area contributed by atoms with Crippen molar-refractivity contribution in [2.24, 2.45) is 0 Å². The van der Waals surface area contributed by atoms with Gasteiger partial charge in [-0.1, -0.05) is 12.1 Å². The van der Waals surface area contributed by atoms with E-state index in [1.165, 1.54) is 31.5 Å². The molecule has 1 aromatic carbocycles. The lowest BCUT2D eigenvalue weighted by Gasteiger charge is -2.19. The average molecular weight is 367 g/mol. The van der Waals surface area contributed by atoms with Crippen molar-refractivity contribution in [3.05, 3.63) is 29.8 Å². The Morgan fingerprint density at radius 2 is 1.65 bits per heavy atom. The summed E-state index contributed by atoms with van der Waals surface area (Å²) in [5.74, 6) is 0.991. The first-order valence-electron chi connectivity index (χ1n) is 7.75. The predicted octanol–water partition coefficient (Wildman–Crippen LogP) is 2.67. The molecule has 136 valence electrons. The Kier molecular flexibility index (Phi) is 13.8. The van der Waals surface area contributed by atoms with E-state index in [0.717, 1.165) is 25.3 Å². The van der Waals surface area contributed by atoms with Crippen molar-refractivity contribution in [2.45, 2.75) is 32.2 Å². The fourth-order valence-corrected chi connectivity index (χ4v) is 2.54. The highest BCUT2D eigenvalue weighted by atomic mass is 35.5.